The van der Waals surface area contributed by atoms with Crippen molar-refractivity contribution in [3.05, 3.63) is 0 Å². The summed E-state index contributed by atoms with van der Waals surface area (Å²) in [4.78, 5) is 0. The molecular weight excluding hydrogens is 292 g/mol. The van der Waals surface area contributed by atoms with Crippen molar-refractivity contribution >= 4 is 0 Å². The van der Waals surface area contributed by atoms with E-state index >= 15 is 0 Å². The minimum atomic E-state index is 0.485. The maximum absolute atomic E-state index is 6.40. The molecule has 0 aromatic heterocycles. The van der Waals surface area contributed by atoms with Gasteiger partial charge in [-0.05, 0) is 50.4 Å². The van der Waals surface area contributed by atoms with Crippen LogP contribution in [0.25, 0.3) is 0 Å². The molecule has 2 fully saturated rings. The molecule has 0 aliphatic heterocycles. The molecule has 2 saturated carbocycles. The van der Waals surface area contributed by atoms with Crippen molar-refractivity contribution in [2.75, 3.05) is 0 Å². The van der Waals surface area contributed by atoms with Gasteiger partial charge in [0.15, 0.2) is 0 Å². The highest BCUT2D eigenvalue weighted by molar-refractivity contribution is 4.77. The Balaban J connectivity index is 1.38. The topological polar surface area (TPSA) is 52.0 Å². The van der Waals surface area contributed by atoms with E-state index in [0.29, 0.717) is 12.1 Å². The van der Waals surface area contributed by atoms with Crippen LogP contribution in [0.15, 0.2) is 0 Å². The Labute approximate surface area is 151 Å². The van der Waals surface area contributed by atoms with E-state index in [1.807, 2.05) is 0 Å². The molecule has 2 atom stereocenters. The second kappa shape index (κ2) is 12.3. The molecule has 2 aliphatic rings. The van der Waals surface area contributed by atoms with Crippen LogP contribution in [0, 0.1) is 11.8 Å². The quantitative estimate of drug-likeness (QED) is 0.460. The van der Waals surface area contributed by atoms with Gasteiger partial charge in [-0.25, -0.2) is 0 Å². The zero-order valence-electron chi connectivity index (χ0n) is 16.2. The first-order valence-electron chi connectivity index (χ1n) is 11.3. The van der Waals surface area contributed by atoms with Gasteiger partial charge in [0.05, 0.1) is 0 Å². The fourth-order valence-corrected chi connectivity index (χ4v) is 5.06. The number of unbranched alkanes of at least 4 members (excludes halogenated alkanes) is 5. The maximum Gasteiger partial charge on any atom is 0.00671 e. The zero-order chi connectivity index (χ0) is 17.0. The average molecular weight is 337 g/mol. The summed E-state index contributed by atoms with van der Waals surface area (Å²) in [6.45, 7) is 0. The van der Waals surface area contributed by atoms with E-state index in [2.05, 4.69) is 0 Å². The van der Waals surface area contributed by atoms with Crippen LogP contribution in [0.3, 0.4) is 0 Å². The smallest absolute Gasteiger partial charge is 0.00671 e. The second-order valence-electron chi connectivity index (χ2n) is 8.82. The lowest BCUT2D eigenvalue weighted by Crippen LogP contribution is -2.31. The first kappa shape index (κ1) is 20.2. The van der Waals surface area contributed by atoms with Gasteiger partial charge in [0.2, 0.25) is 0 Å². The number of nitrogens with two attached hydrogens (primary N) is 2. The van der Waals surface area contributed by atoms with Gasteiger partial charge < -0.3 is 11.5 Å². The Bertz CT molecular complexity index is 262. The molecule has 2 unspecified atom stereocenters. The van der Waals surface area contributed by atoms with Crippen LogP contribution in [-0.2, 0) is 0 Å². The fraction of sp³-hybridized carbons (Fsp3) is 1.00. The molecule has 0 saturated heterocycles. The van der Waals surface area contributed by atoms with Gasteiger partial charge in [-0.1, -0.05) is 77.0 Å². The van der Waals surface area contributed by atoms with Gasteiger partial charge in [-0.3, -0.25) is 0 Å². The molecule has 0 heterocycles. The van der Waals surface area contributed by atoms with Crippen LogP contribution in [0.5, 0.6) is 0 Å². The highest BCUT2D eigenvalue weighted by Gasteiger charge is 2.20. The molecule has 0 amide bonds. The van der Waals surface area contributed by atoms with E-state index < -0.39 is 0 Å². The summed E-state index contributed by atoms with van der Waals surface area (Å²) in [5.41, 5.74) is 12.8. The van der Waals surface area contributed by atoms with E-state index in [4.69, 9.17) is 11.5 Å². The molecule has 2 aliphatic carbocycles. The normalized spacial score (nSPS) is 23.2. The van der Waals surface area contributed by atoms with Gasteiger partial charge in [-0.15, -0.1) is 0 Å². The molecular formula is C22H44N2. The highest BCUT2D eigenvalue weighted by Crippen LogP contribution is 2.28. The molecule has 24 heavy (non-hydrogen) atoms. The monoisotopic (exact) mass is 336 g/mol. The van der Waals surface area contributed by atoms with Gasteiger partial charge in [0, 0.05) is 12.1 Å². The SMILES string of the molecule is NC(CCCCCCCCC(N)C1CCCCC1)C1CCCCC1. The van der Waals surface area contributed by atoms with Crippen molar-refractivity contribution < 1.29 is 0 Å². The Morgan fingerprint density at radius 3 is 1.21 bits per heavy atom. The number of hydrogen-bond acceptors (Lipinski definition) is 2. The summed E-state index contributed by atoms with van der Waals surface area (Å²) in [6, 6.07) is 0.970. The Morgan fingerprint density at radius 2 is 0.833 bits per heavy atom. The minimum Gasteiger partial charge on any atom is -0.327 e. The summed E-state index contributed by atoms with van der Waals surface area (Å²) in [7, 11) is 0. The first-order valence-corrected chi connectivity index (χ1v) is 11.3. The molecule has 2 heteroatoms. The molecule has 4 N–H and O–H groups in total. The minimum absolute atomic E-state index is 0.485. The van der Waals surface area contributed by atoms with Crippen molar-refractivity contribution in [1.29, 1.82) is 0 Å². The molecule has 0 radical (unpaired) electrons. The lowest BCUT2D eigenvalue weighted by atomic mass is 9.82. The highest BCUT2D eigenvalue weighted by atomic mass is 14.7. The van der Waals surface area contributed by atoms with Crippen molar-refractivity contribution in [3.63, 3.8) is 0 Å². The van der Waals surface area contributed by atoms with Gasteiger partial charge in [0.25, 0.3) is 0 Å². The standard InChI is InChI=1S/C22H44N2/c23-21(19-13-7-5-8-14-19)17-11-3-1-2-4-12-18-22(24)20-15-9-6-10-16-20/h19-22H,1-18,23-24H2. The molecule has 0 aromatic rings. The van der Waals surface area contributed by atoms with E-state index in [-0.39, 0.29) is 0 Å². The van der Waals surface area contributed by atoms with Crippen LogP contribution < -0.4 is 11.5 Å². The predicted molar refractivity (Wildman–Crippen MR) is 106 cm³/mol. The summed E-state index contributed by atoms with van der Waals surface area (Å²) in [5.74, 6) is 1.67. The van der Waals surface area contributed by atoms with Crippen LogP contribution in [0.1, 0.15) is 116 Å². The van der Waals surface area contributed by atoms with Crippen LogP contribution in [0.2, 0.25) is 0 Å². The number of rotatable bonds is 11. The third-order valence-electron chi connectivity index (χ3n) is 6.84. The Hall–Kier alpha value is -0.0800. The fourth-order valence-electron chi connectivity index (χ4n) is 5.06. The Morgan fingerprint density at radius 1 is 0.500 bits per heavy atom. The van der Waals surface area contributed by atoms with E-state index in [1.54, 1.807) is 0 Å². The van der Waals surface area contributed by atoms with Crippen molar-refractivity contribution in [1.82, 2.24) is 0 Å². The number of hydrogen-bond donors (Lipinski definition) is 2. The summed E-state index contributed by atoms with van der Waals surface area (Å²) < 4.78 is 0. The predicted octanol–water partition coefficient (Wildman–Crippen LogP) is 5.92. The van der Waals surface area contributed by atoms with E-state index in [0.717, 1.165) is 11.8 Å². The molecule has 142 valence electrons. The zero-order valence-corrected chi connectivity index (χ0v) is 16.2. The third-order valence-corrected chi connectivity index (χ3v) is 6.84. The largest absolute Gasteiger partial charge is 0.327 e. The first-order chi connectivity index (χ1) is 11.8. The summed E-state index contributed by atoms with van der Waals surface area (Å²) >= 11 is 0. The third kappa shape index (κ3) is 7.87. The van der Waals surface area contributed by atoms with Gasteiger partial charge >= 0.3 is 0 Å². The van der Waals surface area contributed by atoms with Crippen molar-refractivity contribution in [2.24, 2.45) is 23.3 Å². The van der Waals surface area contributed by atoms with Gasteiger partial charge in [-0.2, -0.15) is 0 Å². The molecule has 0 bridgehead atoms. The van der Waals surface area contributed by atoms with Crippen LogP contribution >= 0.6 is 0 Å². The summed E-state index contributed by atoms with van der Waals surface area (Å²) in [5, 5.41) is 0. The lowest BCUT2D eigenvalue weighted by Gasteiger charge is -2.27. The van der Waals surface area contributed by atoms with Crippen LogP contribution in [0.4, 0.5) is 0 Å². The molecule has 2 rings (SSSR count). The lowest BCUT2D eigenvalue weighted by molar-refractivity contribution is 0.287. The molecule has 0 spiro atoms. The van der Waals surface area contributed by atoms with Crippen LogP contribution in [-0.4, -0.2) is 12.1 Å². The average Bonchev–Trinajstić information content (AvgIpc) is 2.65. The molecule has 0 aromatic carbocycles. The van der Waals surface area contributed by atoms with Gasteiger partial charge in [0.1, 0.15) is 0 Å². The summed E-state index contributed by atoms with van der Waals surface area (Å²) in [6.07, 6.45) is 24.9. The van der Waals surface area contributed by atoms with E-state index in [1.165, 1.54) is 116 Å². The molecule has 2 nitrogen and oxygen atoms in total. The van der Waals surface area contributed by atoms with Crippen molar-refractivity contribution in [2.45, 2.75) is 128 Å². The van der Waals surface area contributed by atoms with E-state index in [9.17, 15) is 0 Å². The Kier molecular flexibility index (Phi) is 10.4. The van der Waals surface area contributed by atoms with Crippen molar-refractivity contribution in [3.8, 4) is 0 Å². The second-order valence-corrected chi connectivity index (χ2v) is 8.82. The maximum atomic E-state index is 6.40.